The van der Waals surface area contributed by atoms with Crippen LogP contribution in [0.25, 0.3) is 0 Å². The smallest absolute Gasteiger partial charge is 0.410 e. The molecule has 180 valence electrons. The lowest BCUT2D eigenvalue weighted by Gasteiger charge is -2.35. The van der Waals surface area contributed by atoms with Gasteiger partial charge in [-0.15, -0.1) is 0 Å². The molecule has 4 amide bonds. The van der Waals surface area contributed by atoms with Gasteiger partial charge < -0.3 is 19.9 Å². The predicted octanol–water partition coefficient (Wildman–Crippen LogP) is 2.90. The first-order chi connectivity index (χ1) is 15.7. The highest BCUT2D eigenvalue weighted by atomic mass is 16.7. The normalized spacial score (nSPS) is 23.6. The summed E-state index contributed by atoms with van der Waals surface area (Å²) in [4.78, 5) is 47.3. The topological polar surface area (TPSA) is 91.4 Å². The van der Waals surface area contributed by atoms with E-state index in [1.807, 2.05) is 51.1 Å². The fraction of sp³-hybridized carbons (Fsp3) is 0.625. The molecule has 1 aromatic rings. The molecule has 0 aromatic heterocycles. The standard InChI is InChI=1S/C24H34N4O5/c1-24(2,3)33-23(31)26-13-11-18(12-14-26)25-21(29)20-10-9-19-15-27(20)22(30)28(19)32-16-17-7-5-4-6-8-17/h4-8,18-20H,9-16H2,1-3H3,(H,25,29)/t19?,20-/m0/s1. The Morgan fingerprint density at radius 2 is 1.76 bits per heavy atom. The Kier molecular flexibility index (Phi) is 6.78. The number of benzene rings is 1. The largest absolute Gasteiger partial charge is 0.444 e. The van der Waals surface area contributed by atoms with Crippen molar-refractivity contribution in [3.05, 3.63) is 35.9 Å². The molecule has 0 saturated carbocycles. The number of hydrogen-bond acceptors (Lipinski definition) is 5. The molecule has 3 aliphatic rings. The second-order valence-electron chi connectivity index (χ2n) is 10.0. The zero-order chi connectivity index (χ0) is 23.6. The Morgan fingerprint density at radius 1 is 1.06 bits per heavy atom. The summed E-state index contributed by atoms with van der Waals surface area (Å²) in [5.41, 5.74) is 0.468. The minimum absolute atomic E-state index is 0.0166. The molecule has 0 aliphatic carbocycles. The second kappa shape index (κ2) is 9.59. The lowest BCUT2D eigenvalue weighted by atomic mass is 9.99. The minimum Gasteiger partial charge on any atom is -0.444 e. The van der Waals surface area contributed by atoms with Crippen molar-refractivity contribution in [2.24, 2.45) is 0 Å². The number of ether oxygens (including phenoxy) is 1. The average molecular weight is 459 g/mol. The van der Waals surface area contributed by atoms with Gasteiger partial charge in [0, 0.05) is 25.7 Å². The predicted molar refractivity (Wildman–Crippen MR) is 121 cm³/mol. The summed E-state index contributed by atoms with van der Waals surface area (Å²) in [6.45, 7) is 7.44. The van der Waals surface area contributed by atoms with Crippen LogP contribution in [0.1, 0.15) is 52.0 Å². The highest BCUT2D eigenvalue weighted by Gasteiger charge is 2.48. The van der Waals surface area contributed by atoms with Crippen molar-refractivity contribution in [1.29, 1.82) is 0 Å². The number of amides is 4. The number of fused-ring (bicyclic) bond motifs is 2. The molecule has 33 heavy (non-hydrogen) atoms. The summed E-state index contributed by atoms with van der Waals surface area (Å²) in [6, 6.07) is 8.95. The number of piperidine rings is 2. The molecule has 4 rings (SSSR count). The van der Waals surface area contributed by atoms with Gasteiger partial charge in [-0.2, -0.15) is 5.06 Å². The third kappa shape index (κ3) is 5.58. The van der Waals surface area contributed by atoms with Gasteiger partial charge in [0.1, 0.15) is 18.2 Å². The van der Waals surface area contributed by atoms with Crippen LogP contribution in [-0.4, -0.2) is 76.3 Å². The summed E-state index contributed by atoms with van der Waals surface area (Å²) in [7, 11) is 0. The number of hydroxylamine groups is 2. The van der Waals surface area contributed by atoms with Gasteiger partial charge in [0.2, 0.25) is 5.91 Å². The molecule has 3 aliphatic heterocycles. The molecule has 0 radical (unpaired) electrons. The first-order valence-corrected chi connectivity index (χ1v) is 11.8. The van der Waals surface area contributed by atoms with Gasteiger partial charge in [-0.1, -0.05) is 30.3 Å². The number of rotatable bonds is 5. The van der Waals surface area contributed by atoms with Crippen LogP contribution < -0.4 is 5.32 Å². The third-order valence-electron chi connectivity index (χ3n) is 6.33. The first-order valence-electron chi connectivity index (χ1n) is 11.8. The molecule has 9 nitrogen and oxygen atoms in total. The fourth-order valence-electron chi connectivity index (χ4n) is 4.62. The van der Waals surface area contributed by atoms with Crippen LogP contribution in [0.15, 0.2) is 30.3 Å². The first kappa shape index (κ1) is 23.4. The zero-order valence-corrected chi connectivity index (χ0v) is 19.7. The van der Waals surface area contributed by atoms with Crippen LogP contribution in [0, 0.1) is 0 Å². The van der Waals surface area contributed by atoms with E-state index in [-0.39, 0.29) is 30.1 Å². The van der Waals surface area contributed by atoms with Crippen molar-refractivity contribution < 1.29 is 24.0 Å². The molecular weight excluding hydrogens is 424 g/mol. The highest BCUT2D eigenvalue weighted by Crippen LogP contribution is 2.31. The molecule has 1 N–H and O–H groups in total. The van der Waals surface area contributed by atoms with Crippen molar-refractivity contribution in [2.75, 3.05) is 19.6 Å². The third-order valence-corrected chi connectivity index (χ3v) is 6.33. The van der Waals surface area contributed by atoms with E-state index in [4.69, 9.17) is 9.57 Å². The molecule has 0 spiro atoms. The van der Waals surface area contributed by atoms with Crippen LogP contribution in [0.3, 0.4) is 0 Å². The Morgan fingerprint density at radius 3 is 2.42 bits per heavy atom. The summed E-state index contributed by atoms with van der Waals surface area (Å²) in [6.07, 6.45) is 2.36. The van der Waals surface area contributed by atoms with Crippen molar-refractivity contribution >= 4 is 18.0 Å². The lowest BCUT2D eigenvalue weighted by molar-refractivity contribution is -0.140. The SMILES string of the molecule is CC(C)(C)OC(=O)N1CCC(NC(=O)[C@@H]2CCC3CN2C(=O)N3OCc2ccccc2)CC1. The highest BCUT2D eigenvalue weighted by molar-refractivity contribution is 5.88. The molecule has 2 bridgehead atoms. The van der Waals surface area contributed by atoms with Crippen LogP contribution in [0.2, 0.25) is 0 Å². The Balaban J connectivity index is 1.26. The summed E-state index contributed by atoms with van der Waals surface area (Å²) < 4.78 is 5.43. The van der Waals surface area contributed by atoms with Gasteiger partial charge in [-0.3, -0.25) is 9.63 Å². The number of carbonyl (C=O) groups is 3. The van der Waals surface area contributed by atoms with Gasteiger partial charge in [0.05, 0.1) is 6.04 Å². The number of urea groups is 1. The summed E-state index contributed by atoms with van der Waals surface area (Å²) in [5, 5.41) is 4.55. The zero-order valence-electron chi connectivity index (χ0n) is 19.7. The van der Waals surface area contributed by atoms with Gasteiger partial charge >= 0.3 is 12.1 Å². The van der Waals surface area contributed by atoms with Crippen LogP contribution in [0.5, 0.6) is 0 Å². The van der Waals surface area contributed by atoms with Crippen molar-refractivity contribution in [1.82, 2.24) is 20.2 Å². The maximum Gasteiger partial charge on any atom is 0.410 e. The van der Waals surface area contributed by atoms with E-state index >= 15 is 0 Å². The van der Waals surface area contributed by atoms with E-state index in [0.717, 1.165) is 12.0 Å². The number of likely N-dealkylation sites (tertiary alicyclic amines) is 1. The van der Waals surface area contributed by atoms with E-state index in [1.165, 1.54) is 5.06 Å². The lowest BCUT2D eigenvalue weighted by Crippen LogP contribution is -2.54. The van der Waals surface area contributed by atoms with Crippen LogP contribution >= 0.6 is 0 Å². The summed E-state index contributed by atoms with van der Waals surface area (Å²) >= 11 is 0. The molecule has 3 fully saturated rings. The van der Waals surface area contributed by atoms with E-state index in [2.05, 4.69) is 5.32 Å². The molecule has 1 unspecified atom stereocenters. The Bertz CT molecular complexity index is 863. The van der Waals surface area contributed by atoms with E-state index < -0.39 is 11.6 Å². The van der Waals surface area contributed by atoms with Crippen molar-refractivity contribution in [3.63, 3.8) is 0 Å². The number of hydrogen-bond donors (Lipinski definition) is 1. The fourth-order valence-corrected chi connectivity index (χ4v) is 4.62. The van der Waals surface area contributed by atoms with Gasteiger partial charge in [-0.25, -0.2) is 9.59 Å². The Hall–Kier alpha value is -2.81. The van der Waals surface area contributed by atoms with Crippen molar-refractivity contribution in [2.45, 2.75) is 76.8 Å². The monoisotopic (exact) mass is 458 g/mol. The van der Waals surface area contributed by atoms with Gasteiger partial charge in [0.25, 0.3) is 0 Å². The maximum atomic E-state index is 13.0. The van der Waals surface area contributed by atoms with Gasteiger partial charge in [0.15, 0.2) is 0 Å². The van der Waals surface area contributed by atoms with E-state index in [9.17, 15) is 14.4 Å². The molecule has 3 saturated heterocycles. The number of carbonyl (C=O) groups excluding carboxylic acids is 3. The summed E-state index contributed by atoms with van der Waals surface area (Å²) in [5.74, 6) is -0.123. The van der Waals surface area contributed by atoms with Gasteiger partial charge in [-0.05, 0) is 52.0 Å². The van der Waals surface area contributed by atoms with Crippen molar-refractivity contribution in [3.8, 4) is 0 Å². The second-order valence-corrected chi connectivity index (χ2v) is 10.0. The molecular formula is C24H34N4O5. The molecule has 1 aromatic carbocycles. The van der Waals surface area contributed by atoms with E-state index in [1.54, 1.807) is 9.80 Å². The minimum atomic E-state index is -0.526. The molecule has 3 heterocycles. The quantitative estimate of drug-likeness (QED) is 0.733. The number of nitrogens with one attached hydrogen (secondary N) is 1. The molecule has 2 atom stereocenters. The van der Waals surface area contributed by atoms with Crippen LogP contribution in [-0.2, 0) is 21.0 Å². The number of nitrogens with zero attached hydrogens (tertiary/aromatic N) is 3. The van der Waals surface area contributed by atoms with E-state index in [0.29, 0.717) is 45.5 Å². The maximum absolute atomic E-state index is 13.0. The molecule has 9 heteroatoms. The average Bonchev–Trinajstić information content (AvgIpc) is 3.01. The van der Waals surface area contributed by atoms with Crippen LogP contribution in [0.4, 0.5) is 9.59 Å². The Labute approximate surface area is 194 Å².